The number of nitrogens with zero attached hydrogens (tertiary/aromatic N) is 3. The number of sulfonamides is 1. The van der Waals surface area contributed by atoms with Gasteiger partial charge >= 0.3 is 0 Å². The van der Waals surface area contributed by atoms with Crippen molar-refractivity contribution in [3.63, 3.8) is 0 Å². The molecule has 1 aliphatic carbocycles. The summed E-state index contributed by atoms with van der Waals surface area (Å²) in [5, 5.41) is 4.51. The molecule has 1 fully saturated rings. The number of aromatic nitrogens is 2. The molecule has 0 saturated heterocycles. The second-order valence-corrected chi connectivity index (χ2v) is 9.28. The van der Waals surface area contributed by atoms with Gasteiger partial charge in [-0.15, -0.1) is 0 Å². The molecule has 0 N–H and O–H groups in total. The van der Waals surface area contributed by atoms with Crippen molar-refractivity contribution in [2.24, 2.45) is 0 Å². The van der Waals surface area contributed by atoms with E-state index >= 15 is 0 Å². The van der Waals surface area contributed by atoms with Crippen LogP contribution in [-0.4, -0.2) is 43.2 Å². The summed E-state index contributed by atoms with van der Waals surface area (Å²) in [6, 6.07) is 11.5. The van der Waals surface area contributed by atoms with Crippen LogP contribution < -0.4 is 0 Å². The summed E-state index contributed by atoms with van der Waals surface area (Å²) in [6.45, 7) is 4.20. The van der Waals surface area contributed by atoms with Crippen molar-refractivity contribution >= 4 is 47.3 Å². The van der Waals surface area contributed by atoms with Crippen LogP contribution in [0.4, 0.5) is 0 Å². The Bertz CT molecular complexity index is 843. The highest BCUT2D eigenvalue weighted by Crippen LogP contribution is 2.43. The Morgan fingerprint density at radius 2 is 2.04 bits per heavy atom. The normalized spacial score (nSPS) is 15.8. The summed E-state index contributed by atoms with van der Waals surface area (Å²) in [4.78, 5) is 0. The fourth-order valence-electron chi connectivity index (χ4n) is 3.29. The lowest BCUT2D eigenvalue weighted by atomic mass is 9.56. The molecular weight excluding hydrogens is 463 g/mol. The van der Waals surface area contributed by atoms with Crippen LogP contribution in [-0.2, 0) is 24.9 Å². The van der Waals surface area contributed by atoms with E-state index in [1.807, 2.05) is 67.0 Å². The van der Waals surface area contributed by atoms with E-state index in [2.05, 4.69) is 5.10 Å². The van der Waals surface area contributed by atoms with Gasteiger partial charge in [0.25, 0.3) is 0 Å². The fraction of sp³-hybridized carbons (Fsp3) is 0.438. The second kappa shape index (κ2) is 8.03. The third-order valence-corrected chi connectivity index (χ3v) is 7.24. The molecule has 10 heteroatoms. The molecule has 0 spiro atoms. The number of rotatable bonds is 9. The lowest BCUT2D eigenvalue weighted by Gasteiger charge is -2.24. The van der Waals surface area contributed by atoms with E-state index < -0.39 is 10.0 Å². The van der Waals surface area contributed by atoms with Gasteiger partial charge in [0.2, 0.25) is 24.3 Å². The SMILES string of the molecule is CBN(B(C)Cc1ccccc1)S(=O)(=O)c1ccn(C2(COI)CC2)n1. The highest BCUT2D eigenvalue weighted by molar-refractivity contribution is 14.1. The zero-order valence-electron chi connectivity index (χ0n) is 15.0. The smallest absolute Gasteiger partial charge is 0.242 e. The van der Waals surface area contributed by atoms with E-state index in [4.69, 9.17) is 3.07 Å². The van der Waals surface area contributed by atoms with E-state index in [1.165, 1.54) is 4.13 Å². The summed E-state index contributed by atoms with van der Waals surface area (Å²) < 4.78 is 34.8. The Morgan fingerprint density at radius 3 is 2.62 bits per heavy atom. The first-order chi connectivity index (χ1) is 12.4. The zero-order chi connectivity index (χ0) is 18.8. The van der Waals surface area contributed by atoms with Crippen LogP contribution in [0.3, 0.4) is 0 Å². The van der Waals surface area contributed by atoms with Crippen LogP contribution in [0.2, 0.25) is 13.6 Å². The highest BCUT2D eigenvalue weighted by Gasteiger charge is 2.46. The van der Waals surface area contributed by atoms with E-state index in [-0.39, 0.29) is 17.4 Å². The fourth-order valence-corrected chi connectivity index (χ4v) is 5.42. The molecule has 26 heavy (non-hydrogen) atoms. The second-order valence-electron chi connectivity index (χ2n) is 6.82. The van der Waals surface area contributed by atoms with Gasteiger partial charge in [0.1, 0.15) is 23.0 Å². The van der Waals surface area contributed by atoms with E-state index in [9.17, 15) is 8.42 Å². The van der Waals surface area contributed by atoms with Crippen LogP contribution in [0.15, 0.2) is 47.6 Å². The van der Waals surface area contributed by atoms with Crippen LogP contribution in [0.1, 0.15) is 18.4 Å². The Morgan fingerprint density at radius 1 is 1.35 bits per heavy atom. The molecule has 1 aromatic heterocycles. The Balaban J connectivity index is 1.80. The maximum Gasteiger partial charge on any atom is 0.242 e. The summed E-state index contributed by atoms with van der Waals surface area (Å²) in [5.74, 6) is 0. The van der Waals surface area contributed by atoms with Crippen LogP contribution >= 0.6 is 23.0 Å². The summed E-state index contributed by atoms with van der Waals surface area (Å²) in [7, 11) is -3.23. The lowest BCUT2D eigenvalue weighted by Crippen LogP contribution is -2.45. The van der Waals surface area contributed by atoms with Crippen LogP contribution in [0.5, 0.6) is 0 Å². The molecule has 0 bridgehead atoms. The standard InChI is InChI=1S/C16H22B2IN3O3S/c1-17-22(18(2)12-14-6-4-3-5-7-14)26(23,24)15-8-11-21(20-15)16(9-10-16)13-25-19/h3-8,11,17H,9-10,12-13H2,1-2H3. The van der Waals surface area contributed by atoms with Gasteiger partial charge in [-0.05, 0) is 25.2 Å². The molecule has 2 aromatic rings. The topological polar surface area (TPSA) is 64.4 Å². The first kappa shape index (κ1) is 19.9. The van der Waals surface area contributed by atoms with Gasteiger partial charge in [0, 0.05) is 6.20 Å². The average molecular weight is 485 g/mol. The molecule has 1 heterocycles. The predicted octanol–water partition coefficient (Wildman–Crippen LogP) is 2.53. The maximum absolute atomic E-state index is 13.1. The first-order valence-electron chi connectivity index (χ1n) is 8.78. The summed E-state index contributed by atoms with van der Waals surface area (Å²) >= 11 is 1.87. The molecule has 1 saturated carbocycles. The third kappa shape index (κ3) is 4.02. The number of hydrogen-bond donors (Lipinski definition) is 0. The van der Waals surface area contributed by atoms with E-state index in [1.54, 1.807) is 16.9 Å². The van der Waals surface area contributed by atoms with E-state index in [0.717, 1.165) is 18.4 Å². The van der Waals surface area contributed by atoms with Crippen LogP contribution in [0, 0.1) is 0 Å². The maximum atomic E-state index is 13.1. The predicted molar refractivity (Wildman–Crippen MR) is 113 cm³/mol. The van der Waals surface area contributed by atoms with Crippen molar-refractivity contribution in [1.82, 2.24) is 13.9 Å². The average Bonchev–Trinajstić information content (AvgIpc) is 3.20. The summed E-state index contributed by atoms with van der Waals surface area (Å²) in [5.41, 5.74) is 0.942. The minimum Gasteiger partial charge on any atom is -0.313 e. The summed E-state index contributed by atoms with van der Waals surface area (Å²) in [6.07, 6.45) is 4.34. The van der Waals surface area contributed by atoms with Crippen molar-refractivity contribution in [2.75, 3.05) is 6.61 Å². The molecule has 3 rings (SSSR count). The third-order valence-electron chi connectivity index (χ3n) is 4.95. The quantitative estimate of drug-likeness (QED) is 0.405. The molecule has 1 aliphatic rings. The van der Waals surface area contributed by atoms with E-state index in [0.29, 0.717) is 20.3 Å². The molecule has 0 amide bonds. The molecule has 1 aromatic carbocycles. The molecule has 0 radical (unpaired) electrons. The minimum atomic E-state index is -3.64. The van der Waals surface area contributed by atoms with Gasteiger partial charge < -0.3 is 3.07 Å². The van der Waals surface area contributed by atoms with Gasteiger partial charge in [0.15, 0.2) is 5.03 Å². The molecule has 0 aliphatic heterocycles. The lowest BCUT2D eigenvalue weighted by molar-refractivity contribution is 0.280. The van der Waals surface area contributed by atoms with Crippen molar-refractivity contribution < 1.29 is 11.5 Å². The van der Waals surface area contributed by atoms with Gasteiger partial charge in [0.05, 0.1) is 12.1 Å². The van der Waals surface area contributed by atoms with Crippen molar-refractivity contribution in [1.29, 1.82) is 0 Å². The first-order valence-corrected chi connectivity index (χ1v) is 11.1. The van der Waals surface area contributed by atoms with Crippen molar-refractivity contribution in [3.05, 3.63) is 48.2 Å². The molecule has 0 atom stereocenters. The monoisotopic (exact) mass is 485 g/mol. The number of benzene rings is 1. The van der Waals surface area contributed by atoms with Gasteiger partial charge in [-0.25, -0.2) is 8.42 Å². The van der Waals surface area contributed by atoms with Gasteiger partial charge in [-0.1, -0.05) is 49.5 Å². The van der Waals surface area contributed by atoms with Crippen molar-refractivity contribution in [3.8, 4) is 0 Å². The Labute approximate surface area is 170 Å². The molecular formula is C16H22B2IN3O3S. The molecule has 6 nitrogen and oxygen atoms in total. The highest BCUT2D eigenvalue weighted by atomic mass is 127. The van der Waals surface area contributed by atoms with Gasteiger partial charge in [-0.3, -0.25) is 8.81 Å². The Hall–Kier alpha value is -0.840. The van der Waals surface area contributed by atoms with Crippen molar-refractivity contribution in [2.45, 2.75) is 43.4 Å². The number of hydrogen-bond acceptors (Lipinski definition) is 4. The Kier molecular flexibility index (Phi) is 6.15. The van der Waals surface area contributed by atoms with Crippen LogP contribution in [0.25, 0.3) is 0 Å². The minimum absolute atomic E-state index is 0.110. The largest absolute Gasteiger partial charge is 0.313 e. The molecule has 138 valence electrons. The van der Waals surface area contributed by atoms with Gasteiger partial charge in [-0.2, -0.15) is 5.10 Å². The number of halogens is 1. The molecule has 0 unspecified atom stereocenters. The zero-order valence-corrected chi connectivity index (χ0v) is 18.0.